The van der Waals surface area contributed by atoms with Gasteiger partial charge in [-0.25, -0.2) is 4.79 Å². The van der Waals surface area contributed by atoms with E-state index in [0.29, 0.717) is 0 Å². The molecule has 6 heteroatoms. The number of rotatable bonds is 8. The molecule has 104 valence electrons. The fraction of sp³-hybridized carbons (Fsp3) is 0.385. The highest BCUT2D eigenvalue weighted by Gasteiger charge is 2.02. The van der Waals surface area contributed by atoms with E-state index in [0.717, 1.165) is 5.56 Å². The summed E-state index contributed by atoms with van der Waals surface area (Å²) in [6.07, 6.45) is -0.566. The Morgan fingerprint density at radius 1 is 1.16 bits per heavy atom. The van der Waals surface area contributed by atoms with Gasteiger partial charge in [-0.3, -0.25) is 4.79 Å². The SMILES string of the molecule is O=C(O)CCOCCNC(=O)OCc1ccccc1. The first-order chi connectivity index (χ1) is 9.18. The van der Waals surface area contributed by atoms with Crippen molar-refractivity contribution in [3.8, 4) is 0 Å². The van der Waals surface area contributed by atoms with Gasteiger partial charge in [0.15, 0.2) is 0 Å². The molecule has 19 heavy (non-hydrogen) atoms. The van der Waals surface area contributed by atoms with Crippen molar-refractivity contribution in [2.75, 3.05) is 19.8 Å². The summed E-state index contributed by atoms with van der Waals surface area (Å²) < 4.78 is 9.98. The van der Waals surface area contributed by atoms with Crippen LogP contribution in [-0.2, 0) is 20.9 Å². The zero-order valence-corrected chi connectivity index (χ0v) is 10.5. The quantitative estimate of drug-likeness (QED) is 0.695. The van der Waals surface area contributed by atoms with Crippen LogP contribution in [-0.4, -0.2) is 36.9 Å². The summed E-state index contributed by atoms with van der Waals surface area (Å²) in [7, 11) is 0. The van der Waals surface area contributed by atoms with Crippen LogP contribution in [0.25, 0.3) is 0 Å². The van der Waals surface area contributed by atoms with Crippen molar-refractivity contribution in [1.29, 1.82) is 0 Å². The number of hydrogen-bond acceptors (Lipinski definition) is 4. The van der Waals surface area contributed by atoms with Gasteiger partial charge in [-0.1, -0.05) is 30.3 Å². The normalized spacial score (nSPS) is 9.89. The molecule has 0 aliphatic rings. The Balaban J connectivity index is 2.01. The van der Waals surface area contributed by atoms with E-state index in [1.807, 2.05) is 30.3 Å². The molecule has 0 spiro atoms. The first kappa shape index (κ1) is 15.0. The first-order valence-electron chi connectivity index (χ1n) is 5.92. The molecule has 0 radical (unpaired) electrons. The minimum Gasteiger partial charge on any atom is -0.481 e. The van der Waals surface area contributed by atoms with Gasteiger partial charge in [0, 0.05) is 6.54 Å². The Morgan fingerprint density at radius 2 is 1.89 bits per heavy atom. The first-order valence-corrected chi connectivity index (χ1v) is 5.92. The monoisotopic (exact) mass is 267 g/mol. The highest BCUT2D eigenvalue weighted by molar-refractivity contribution is 5.67. The second kappa shape index (κ2) is 8.93. The highest BCUT2D eigenvalue weighted by Crippen LogP contribution is 2.00. The smallest absolute Gasteiger partial charge is 0.407 e. The van der Waals surface area contributed by atoms with Crippen LogP contribution in [0.3, 0.4) is 0 Å². The predicted octanol–water partition coefficient (Wildman–Crippen LogP) is 1.40. The number of carbonyl (C=O) groups excluding carboxylic acids is 1. The molecular formula is C13H17NO5. The summed E-state index contributed by atoms with van der Waals surface area (Å²) in [5, 5.41) is 10.9. The van der Waals surface area contributed by atoms with E-state index in [2.05, 4.69) is 5.32 Å². The standard InChI is InChI=1S/C13H17NO5/c15-12(16)6-8-18-9-7-14-13(17)19-10-11-4-2-1-3-5-11/h1-5H,6-10H2,(H,14,17)(H,15,16). The molecule has 0 saturated heterocycles. The molecule has 1 amide bonds. The lowest BCUT2D eigenvalue weighted by atomic mass is 10.2. The fourth-order valence-electron chi connectivity index (χ4n) is 1.26. The van der Waals surface area contributed by atoms with E-state index in [1.54, 1.807) is 0 Å². The molecule has 0 fully saturated rings. The Bertz CT molecular complexity index is 393. The lowest BCUT2D eigenvalue weighted by molar-refractivity contribution is -0.138. The van der Waals surface area contributed by atoms with E-state index in [1.165, 1.54) is 0 Å². The number of hydrogen-bond donors (Lipinski definition) is 2. The third kappa shape index (κ3) is 7.77. The summed E-state index contributed by atoms with van der Waals surface area (Å²) in [6, 6.07) is 9.35. The fourth-order valence-corrected chi connectivity index (χ4v) is 1.26. The van der Waals surface area contributed by atoms with Gasteiger partial charge in [-0.05, 0) is 5.56 Å². The van der Waals surface area contributed by atoms with E-state index in [9.17, 15) is 9.59 Å². The maximum absolute atomic E-state index is 11.3. The molecule has 0 aliphatic heterocycles. The summed E-state index contributed by atoms with van der Waals surface area (Å²) in [4.78, 5) is 21.5. The largest absolute Gasteiger partial charge is 0.481 e. The van der Waals surface area contributed by atoms with Crippen LogP contribution in [0.15, 0.2) is 30.3 Å². The molecule has 0 atom stereocenters. The van der Waals surface area contributed by atoms with E-state index >= 15 is 0 Å². The van der Waals surface area contributed by atoms with Gasteiger partial charge in [0.1, 0.15) is 6.61 Å². The number of ether oxygens (including phenoxy) is 2. The minimum atomic E-state index is -0.907. The molecule has 1 rings (SSSR count). The number of nitrogens with one attached hydrogen (secondary N) is 1. The topological polar surface area (TPSA) is 84.9 Å². The number of alkyl carbamates (subject to hydrolysis) is 1. The van der Waals surface area contributed by atoms with Gasteiger partial charge in [0.2, 0.25) is 0 Å². The van der Waals surface area contributed by atoms with Crippen LogP contribution in [0.4, 0.5) is 4.79 Å². The second-order valence-electron chi connectivity index (χ2n) is 3.74. The zero-order valence-electron chi connectivity index (χ0n) is 10.5. The van der Waals surface area contributed by atoms with Crippen molar-refractivity contribution in [3.05, 3.63) is 35.9 Å². The molecule has 0 heterocycles. The predicted molar refractivity (Wildman–Crippen MR) is 67.7 cm³/mol. The number of carboxylic acid groups (broad SMARTS) is 1. The Morgan fingerprint density at radius 3 is 2.58 bits per heavy atom. The molecular weight excluding hydrogens is 250 g/mol. The molecule has 0 saturated carbocycles. The second-order valence-corrected chi connectivity index (χ2v) is 3.74. The molecule has 0 unspecified atom stereocenters. The maximum Gasteiger partial charge on any atom is 0.407 e. The van der Waals surface area contributed by atoms with Crippen LogP contribution >= 0.6 is 0 Å². The van der Waals surface area contributed by atoms with Gasteiger partial charge in [0.25, 0.3) is 0 Å². The summed E-state index contributed by atoms with van der Waals surface area (Å²) in [6.45, 7) is 0.892. The maximum atomic E-state index is 11.3. The summed E-state index contributed by atoms with van der Waals surface area (Å²) in [5.74, 6) is -0.907. The molecule has 1 aromatic rings. The van der Waals surface area contributed by atoms with Gasteiger partial charge in [-0.15, -0.1) is 0 Å². The lowest BCUT2D eigenvalue weighted by Gasteiger charge is -2.07. The molecule has 1 aromatic carbocycles. The van der Waals surface area contributed by atoms with Crippen molar-refractivity contribution in [2.45, 2.75) is 13.0 Å². The van der Waals surface area contributed by atoms with E-state index < -0.39 is 12.1 Å². The molecule has 6 nitrogen and oxygen atoms in total. The number of benzene rings is 1. The Kier molecular flexibility index (Phi) is 7.04. The average Bonchev–Trinajstić information content (AvgIpc) is 2.41. The van der Waals surface area contributed by atoms with Gasteiger partial charge in [-0.2, -0.15) is 0 Å². The van der Waals surface area contributed by atoms with Crippen LogP contribution in [0.2, 0.25) is 0 Å². The molecule has 0 aromatic heterocycles. The lowest BCUT2D eigenvalue weighted by Crippen LogP contribution is -2.28. The Hall–Kier alpha value is -2.08. The third-order valence-electron chi connectivity index (χ3n) is 2.19. The van der Waals surface area contributed by atoms with Gasteiger partial charge < -0.3 is 19.9 Å². The van der Waals surface area contributed by atoms with Crippen LogP contribution < -0.4 is 5.32 Å². The average molecular weight is 267 g/mol. The number of aliphatic carboxylic acids is 1. The van der Waals surface area contributed by atoms with E-state index in [4.69, 9.17) is 14.6 Å². The molecule has 2 N–H and O–H groups in total. The van der Waals surface area contributed by atoms with E-state index in [-0.39, 0.29) is 32.8 Å². The Labute approximate surface area is 111 Å². The van der Waals surface area contributed by atoms with Gasteiger partial charge >= 0.3 is 12.1 Å². The van der Waals surface area contributed by atoms with Crippen LogP contribution in [0.1, 0.15) is 12.0 Å². The summed E-state index contributed by atoms with van der Waals surface area (Å²) in [5.41, 5.74) is 0.912. The number of amides is 1. The number of carbonyl (C=O) groups is 2. The molecule has 0 aliphatic carbocycles. The minimum absolute atomic E-state index is 0.0432. The number of carboxylic acids is 1. The zero-order chi connectivity index (χ0) is 13.9. The van der Waals surface area contributed by atoms with Crippen LogP contribution in [0, 0.1) is 0 Å². The van der Waals surface area contributed by atoms with Crippen molar-refractivity contribution in [1.82, 2.24) is 5.32 Å². The summed E-state index contributed by atoms with van der Waals surface area (Å²) >= 11 is 0. The third-order valence-corrected chi connectivity index (χ3v) is 2.19. The van der Waals surface area contributed by atoms with Crippen molar-refractivity contribution < 1.29 is 24.2 Å². The van der Waals surface area contributed by atoms with Gasteiger partial charge in [0.05, 0.1) is 19.6 Å². The van der Waals surface area contributed by atoms with Crippen molar-refractivity contribution in [2.24, 2.45) is 0 Å². The highest BCUT2D eigenvalue weighted by atomic mass is 16.5. The van der Waals surface area contributed by atoms with Crippen LogP contribution in [0.5, 0.6) is 0 Å². The van der Waals surface area contributed by atoms with Crippen molar-refractivity contribution >= 4 is 12.1 Å². The molecule has 0 bridgehead atoms. The van der Waals surface area contributed by atoms with Crippen molar-refractivity contribution in [3.63, 3.8) is 0 Å².